The van der Waals surface area contributed by atoms with Gasteiger partial charge in [0.05, 0.1) is 0 Å². The standard InChI is InChI=1S/C12H26N2O/c1-11(7-9-15-3)13-10-12-6-4-5-8-14(12)2/h11-13H,4-10H2,1-3H3. The number of rotatable bonds is 6. The maximum absolute atomic E-state index is 5.08. The fraction of sp³-hybridized carbons (Fsp3) is 1.00. The van der Waals surface area contributed by atoms with E-state index in [1.165, 1.54) is 25.8 Å². The summed E-state index contributed by atoms with van der Waals surface area (Å²) in [6.07, 6.45) is 5.21. The highest BCUT2D eigenvalue weighted by Gasteiger charge is 2.18. The minimum atomic E-state index is 0.570. The lowest BCUT2D eigenvalue weighted by Crippen LogP contribution is -2.45. The summed E-state index contributed by atoms with van der Waals surface area (Å²) in [5.74, 6) is 0. The summed E-state index contributed by atoms with van der Waals surface area (Å²) < 4.78 is 5.08. The first-order chi connectivity index (χ1) is 7.24. The van der Waals surface area contributed by atoms with E-state index in [-0.39, 0.29) is 0 Å². The molecule has 1 heterocycles. The van der Waals surface area contributed by atoms with Gasteiger partial charge in [-0.2, -0.15) is 0 Å². The predicted molar refractivity (Wildman–Crippen MR) is 64.2 cm³/mol. The van der Waals surface area contributed by atoms with Crippen molar-refractivity contribution in [3.8, 4) is 0 Å². The Kier molecular flexibility index (Phi) is 6.22. The molecule has 15 heavy (non-hydrogen) atoms. The van der Waals surface area contributed by atoms with Gasteiger partial charge < -0.3 is 15.0 Å². The van der Waals surface area contributed by atoms with Crippen LogP contribution in [0.15, 0.2) is 0 Å². The zero-order valence-corrected chi connectivity index (χ0v) is 10.5. The minimum absolute atomic E-state index is 0.570. The summed E-state index contributed by atoms with van der Waals surface area (Å²) in [6, 6.07) is 1.31. The molecule has 1 fully saturated rings. The van der Waals surface area contributed by atoms with Crippen LogP contribution in [0.1, 0.15) is 32.6 Å². The van der Waals surface area contributed by atoms with Crippen molar-refractivity contribution in [1.82, 2.24) is 10.2 Å². The summed E-state index contributed by atoms with van der Waals surface area (Å²) in [5.41, 5.74) is 0. The first-order valence-electron chi connectivity index (χ1n) is 6.16. The van der Waals surface area contributed by atoms with Crippen LogP contribution in [-0.4, -0.2) is 50.8 Å². The van der Waals surface area contributed by atoms with Crippen molar-refractivity contribution in [3.05, 3.63) is 0 Å². The lowest BCUT2D eigenvalue weighted by Gasteiger charge is -2.33. The monoisotopic (exact) mass is 214 g/mol. The molecule has 90 valence electrons. The van der Waals surface area contributed by atoms with Gasteiger partial charge in [-0.1, -0.05) is 6.42 Å². The second kappa shape index (κ2) is 7.20. The quantitative estimate of drug-likeness (QED) is 0.725. The highest BCUT2D eigenvalue weighted by molar-refractivity contribution is 4.77. The van der Waals surface area contributed by atoms with Gasteiger partial charge in [0.25, 0.3) is 0 Å². The fourth-order valence-corrected chi connectivity index (χ4v) is 2.14. The second-order valence-electron chi connectivity index (χ2n) is 4.72. The Morgan fingerprint density at radius 3 is 2.93 bits per heavy atom. The molecular formula is C12H26N2O. The number of ether oxygens (including phenoxy) is 1. The predicted octanol–water partition coefficient (Wildman–Crippen LogP) is 1.49. The molecule has 0 saturated carbocycles. The summed E-state index contributed by atoms with van der Waals surface area (Å²) in [6.45, 7) is 5.48. The summed E-state index contributed by atoms with van der Waals surface area (Å²) in [4.78, 5) is 2.49. The molecule has 3 nitrogen and oxygen atoms in total. The molecular weight excluding hydrogens is 188 g/mol. The SMILES string of the molecule is COCCC(C)NCC1CCCCN1C. The molecule has 0 aromatic carbocycles. The van der Waals surface area contributed by atoms with E-state index in [0.717, 1.165) is 25.6 Å². The number of nitrogens with zero attached hydrogens (tertiary/aromatic N) is 1. The zero-order valence-electron chi connectivity index (χ0n) is 10.5. The Labute approximate surface area is 94.2 Å². The second-order valence-corrected chi connectivity index (χ2v) is 4.72. The van der Waals surface area contributed by atoms with E-state index in [2.05, 4.69) is 24.2 Å². The molecule has 0 aliphatic carbocycles. The van der Waals surface area contributed by atoms with Gasteiger partial charge in [-0.3, -0.25) is 0 Å². The van der Waals surface area contributed by atoms with Crippen LogP contribution >= 0.6 is 0 Å². The molecule has 0 bridgehead atoms. The average molecular weight is 214 g/mol. The van der Waals surface area contributed by atoms with E-state index in [1.807, 2.05) is 0 Å². The molecule has 0 amide bonds. The molecule has 2 unspecified atom stereocenters. The maximum atomic E-state index is 5.08. The Balaban J connectivity index is 2.11. The van der Waals surface area contributed by atoms with Gasteiger partial charge in [-0.25, -0.2) is 0 Å². The molecule has 0 aromatic rings. The van der Waals surface area contributed by atoms with Crippen LogP contribution in [0.2, 0.25) is 0 Å². The number of piperidine rings is 1. The van der Waals surface area contributed by atoms with Crippen molar-refractivity contribution in [2.24, 2.45) is 0 Å². The highest BCUT2D eigenvalue weighted by Crippen LogP contribution is 2.14. The lowest BCUT2D eigenvalue weighted by atomic mass is 10.0. The third-order valence-electron chi connectivity index (χ3n) is 3.38. The smallest absolute Gasteiger partial charge is 0.0476 e. The van der Waals surface area contributed by atoms with Gasteiger partial charge >= 0.3 is 0 Å². The van der Waals surface area contributed by atoms with Gasteiger partial charge in [0.1, 0.15) is 0 Å². The van der Waals surface area contributed by atoms with Gasteiger partial charge in [0, 0.05) is 32.3 Å². The van der Waals surface area contributed by atoms with E-state index < -0.39 is 0 Å². The molecule has 0 aromatic heterocycles. The molecule has 1 aliphatic rings. The minimum Gasteiger partial charge on any atom is -0.385 e. The molecule has 3 heteroatoms. The van der Waals surface area contributed by atoms with Gasteiger partial charge in [0.15, 0.2) is 0 Å². The van der Waals surface area contributed by atoms with E-state index in [4.69, 9.17) is 4.74 Å². The van der Waals surface area contributed by atoms with Crippen molar-refractivity contribution < 1.29 is 4.74 Å². The topological polar surface area (TPSA) is 24.5 Å². The molecule has 2 atom stereocenters. The fourth-order valence-electron chi connectivity index (χ4n) is 2.14. The molecule has 1 rings (SSSR count). The highest BCUT2D eigenvalue weighted by atomic mass is 16.5. The first kappa shape index (κ1) is 12.9. The van der Waals surface area contributed by atoms with Crippen LogP contribution in [0.5, 0.6) is 0 Å². The first-order valence-corrected chi connectivity index (χ1v) is 6.16. The zero-order chi connectivity index (χ0) is 11.1. The number of hydrogen-bond donors (Lipinski definition) is 1. The van der Waals surface area contributed by atoms with Crippen molar-refractivity contribution in [2.75, 3.05) is 33.9 Å². The van der Waals surface area contributed by atoms with Crippen LogP contribution in [0, 0.1) is 0 Å². The molecule has 0 spiro atoms. The maximum Gasteiger partial charge on any atom is 0.0476 e. The molecule has 1 aliphatic heterocycles. The van der Waals surface area contributed by atoms with Gasteiger partial charge in [-0.15, -0.1) is 0 Å². The van der Waals surface area contributed by atoms with Crippen molar-refractivity contribution >= 4 is 0 Å². The summed E-state index contributed by atoms with van der Waals surface area (Å²) in [7, 11) is 4.01. The largest absolute Gasteiger partial charge is 0.385 e. The number of hydrogen-bond acceptors (Lipinski definition) is 3. The summed E-state index contributed by atoms with van der Waals surface area (Å²) in [5, 5.41) is 3.60. The molecule has 1 saturated heterocycles. The Morgan fingerprint density at radius 1 is 1.47 bits per heavy atom. The third-order valence-corrected chi connectivity index (χ3v) is 3.38. The van der Waals surface area contributed by atoms with E-state index in [0.29, 0.717) is 6.04 Å². The number of methoxy groups -OCH3 is 1. The van der Waals surface area contributed by atoms with Gasteiger partial charge in [-0.05, 0) is 39.8 Å². The van der Waals surface area contributed by atoms with E-state index in [9.17, 15) is 0 Å². The normalized spacial score (nSPS) is 25.4. The van der Waals surface area contributed by atoms with Crippen LogP contribution < -0.4 is 5.32 Å². The average Bonchev–Trinajstić information content (AvgIpc) is 2.25. The Morgan fingerprint density at radius 2 is 2.27 bits per heavy atom. The Bertz CT molecular complexity index is 164. The van der Waals surface area contributed by atoms with Crippen molar-refractivity contribution in [1.29, 1.82) is 0 Å². The number of nitrogens with one attached hydrogen (secondary N) is 1. The molecule has 0 radical (unpaired) electrons. The van der Waals surface area contributed by atoms with Crippen LogP contribution in [0.25, 0.3) is 0 Å². The van der Waals surface area contributed by atoms with Crippen LogP contribution in [0.4, 0.5) is 0 Å². The number of likely N-dealkylation sites (N-methyl/N-ethyl adjacent to an activating group) is 1. The summed E-state index contributed by atoms with van der Waals surface area (Å²) >= 11 is 0. The van der Waals surface area contributed by atoms with Crippen molar-refractivity contribution in [2.45, 2.75) is 44.7 Å². The van der Waals surface area contributed by atoms with Crippen LogP contribution in [0.3, 0.4) is 0 Å². The van der Waals surface area contributed by atoms with E-state index >= 15 is 0 Å². The number of likely N-dealkylation sites (tertiary alicyclic amines) is 1. The third kappa shape index (κ3) is 4.96. The van der Waals surface area contributed by atoms with Gasteiger partial charge in [0.2, 0.25) is 0 Å². The Hall–Kier alpha value is -0.120. The van der Waals surface area contributed by atoms with Crippen molar-refractivity contribution in [3.63, 3.8) is 0 Å². The molecule has 1 N–H and O–H groups in total. The lowest BCUT2D eigenvalue weighted by molar-refractivity contribution is 0.165. The van der Waals surface area contributed by atoms with Crippen LogP contribution in [-0.2, 0) is 4.74 Å². The van der Waals surface area contributed by atoms with E-state index in [1.54, 1.807) is 7.11 Å².